The molecule has 0 atom stereocenters. The van der Waals surface area contributed by atoms with Gasteiger partial charge in [0.15, 0.2) is 5.82 Å². The van der Waals surface area contributed by atoms with Crippen molar-refractivity contribution in [3.63, 3.8) is 0 Å². The van der Waals surface area contributed by atoms with Crippen LogP contribution >= 0.6 is 0 Å². The molecule has 22 heavy (non-hydrogen) atoms. The molecular weight excluding hydrogens is 276 g/mol. The summed E-state index contributed by atoms with van der Waals surface area (Å²) in [6, 6.07) is 17.7. The molecule has 0 aliphatic rings. The zero-order valence-corrected chi connectivity index (χ0v) is 11.8. The Hall–Kier alpha value is -3.08. The molecule has 0 saturated heterocycles. The SMILES string of the molecule is Nc1n[nH]c2c1c(=O)n(Cc1ccccc1)c1ccccc21. The second-order valence-electron chi connectivity index (χ2n) is 5.25. The molecular formula is C17H14N4O. The lowest BCUT2D eigenvalue weighted by atomic mass is 10.1. The summed E-state index contributed by atoms with van der Waals surface area (Å²) >= 11 is 0. The quantitative estimate of drug-likeness (QED) is 0.595. The Morgan fingerprint density at radius 1 is 1.05 bits per heavy atom. The number of H-pyrrole nitrogens is 1. The Labute approximate surface area is 126 Å². The van der Waals surface area contributed by atoms with Crippen molar-refractivity contribution in [2.24, 2.45) is 0 Å². The standard InChI is InChI=1S/C17H14N4O/c18-16-14-15(19-20-16)12-8-4-5-9-13(12)21(17(14)22)10-11-6-2-1-3-7-11/h1-9H,10H2,(H3,18,19,20). The number of hydrogen-bond donors (Lipinski definition) is 2. The molecule has 2 aromatic carbocycles. The van der Waals surface area contributed by atoms with E-state index in [0.29, 0.717) is 17.4 Å². The van der Waals surface area contributed by atoms with E-state index in [1.54, 1.807) is 4.57 Å². The molecule has 4 aromatic rings. The maximum absolute atomic E-state index is 12.9. The van der Waals surface area contributed by atoms with E-state index in [4.69, 9.17) is 5.73 Å². The third-order valence-electron chi connectivity index (χ3n) is 3.90. The van der Waals surface area contributed by atoms with Crippen LogP contribution in [0.15, 0.2) is 59.4 Å². The molecule has 0 unspecified atom stereocenters. The number of anilines is 1. The van der Waals surface area contributed by atoms with Gasteiger partial charge in [-0.05, 0) is 11.6 Å². The summed E-state index contributed by atoms with van der Waals surface area (Å²) in [5.41, 5.74) is 8.38. The summed E-state index contributed by atoms with van der Waals surface area (Å²) < 4.78 is 1.75. The normalized spacial score (nSPS) is 11.3. The lowest BCUT2D eigenvalue weighted by Gasteiger charge is -2.11. The van der Waals surface area contributed by atoms with Crippen LogP contribution in [-0.2, 0) is 6.54 Å². The number of benzene rings is 2. The number of nitrogens with two attached hydrogens (primary N) is 1. The zero-order valence-electron chi connectivity index (χ0n) is 11.8. The van der Waals surface area contributed by atoms with E-state index in [9.17, 15) is 4.79 Å². The zero-order chi connectivity index (χ0) is 15.1. The molecule has 5 heteroatoms. The van der Waals surface area contributed by atoms with E-state index >= 15 is 0 Å². The van der Waals surface area contributed by atoms with Gasteiger partial charge < -0.3 is 10.3 Å². The summed E-state index contributed by atoms with van der Waals surface area (Å²) in [6.45, 7) is 0.501. The van der Waals surface area contributed by atoms with E-state index in [1.807, 2.05) is 54.6 Å². The number of para-hydroxylation sites is 1. The molecule has 0 amide bonds. The molecule has 0 spiro atoms. The van der Waals surface area contributed by atoms with Gasteiger partial charge in [0.05, 0.1) is 17.6 Å². The minimum absolute atomic E-state index is 0.121. The van der Waals surface area contributed by atoms with E-state index in [2.05, 4.69) is 10.2 Å². The molecule has 0 radical (unpaired) electrons. The van der Waals surface area contributed by atoms with Crippen molar-refractivity contribution in [2.75, 3.05) is 5.73 Å². The molecule has 108 valence electrons. The summed E-state index contributed by atoms with van der Waals surface area (Å²) in [5.74, 6) is 0.243. The molecule has 0 aliphatic carbocycles. The number of pyridine rings is 1. The maximum Gasteiger partial charge on any atom is 0.264 e. The van der Waals surface area contributed by atoms with Gasteiger partial charge >= 0.3 is 0 Å². The number of hydrogen-bond acceptors (Lipinski definition) is 3. The van der Waals surface area contributed by atoms with Crippen LogP contribution in [0.5, 0.6) is 0 Å². The minimum Gasteiger partial charge on any atom is -0.382 e. The Kier molecular flexibility index (Phi) is 2.72. The number of rotatable bonds is 2. The van der Waals surface area contributed by atoms with E-state index in [0.717, 1.165) is 16.5 Å². The molecule has 3 N–H and O–H groups in total. The van der Waals surface area contributed by atoms with Gasteiger partial charge in [-0.25, -0.2) is 0 Å². The first kappa shape index (κ1) is 12.6. The number of aromatic nitrogens is 3. The van der Waals surface area contributed by atoms with Gasteiger partial charge in [0.2, 0.25) is 0 Å². The number of nitrogen functional groups attached to an aromatic ring is 1. The van der Waals surface area contributed by atoms with E-state index in [1.165, 1.54) is 0 Å². The summed E-state index contributed by atoms with van der Waals surface area (Å²) in [6.07, 6.45) is 0. The number of aromatic amines is 1. The summed E-state index contributed by atoms with van der Waals surface area (Å²) in [5, 5.41) is 8.26. The molecule has 2 aromatic heterocycles. The molecule has 4 rings (SSSR count). The highest BCUT2D eigenvalue weighted by atomic mass is 16.1. The highest BCUT2D eigenvalue weighted by Crippen LogP contribution is 2.24. The van der Waals surface area contributed by atoms with Crippen LogP contribution in [-0.4, -0.2) is 14.8 Å². The topological polar surface area (TPSA) is 76.7 Å². The predicted octanol–water partition coefficient (Wildman–Crippen LogP) is 2.51. The van der Waals surface area contributed by atoms with Crippen LogP contribution in [0.25, 0.3) is 21.8 Å². The van der Waals surface area contributed by atoms with Crippen molar-refractivity contribution in [3.05, 3.63) is 70.5 Å². The van der Waals surface area contributed by atoms with Crippen LogP contribution in [0.1, 0.15) is 5.56 Å². The molecule has 0 bridgehead atoms. The highest BCUT2D eigenvalue weighted by Gasteiger charge is 2.15. The maximum atomic E-state index is 12.9. The first-order valence-corrected chi connectivity index (χ1v) is 7.05. The van der Waals surface area contributed by atoms with E-state index in [-0.39, 0.29) is 11.4 Å². The second-order valence-corrected chi connectivity index (χ2v) is 5.25. The molecule has 0 fully saturated rings. The molecule has 5 nitrogen and oxygen atoms in total. The van der Waals surface area contributed by atoms with Crippen molar-refractivity contribution in [3.8, 4) is 0 Å². The number of nitrogens with zero attached hydrogens (tertiary/aromatic N) is 2. The molecule has 0 saturated carbocycles. The predicted molar refractivity (Wildman–Crippen MR) is 87.8 cm³/mol. The second kappa shape index (κ2) is 4.73. The fourth-order valence-electron chi connectivity index (χ4n) is 2.86. The number of nitrogens with one attached hydrogen (secondary N) is 1. The first-order valence-electron chi connectivity index (χ1n) is 7.05. The monoisotopic (exact) mass is 290 g/mol. The van der Waals surface area contributed by atoms with Gasteiger partial charge in [0, 0.05) is 5.39 Å². The van der Waals surface area contributed by atoms with Crippen molar-refractivity contribution in [1.82, 2.24) is 14.8 Å². The smallest absolute Gasteiger partial charge is 0.264 e. The summed E-state index contributed by atoms with van der Waals surface area (Å²) in [4.78, 5) is 12.9. The minimum atomic E-state index is -0.121. The third-order valence-corrected chi connectivity index (χ3v) is 3.90. The van der Waals surface area contributed by atoms with Crippen LogP contribution in [0.2, 0.25) is 0 Å². The fourth-order valence-corrected chi connectivity index (χ4v) is 2.86. The Balaban J connectivity index is 2.09. The molecule has 0 aliphatic heterocycles. The van der Waals surface area contributed by atoms with Crippen LogP contribution < -0.4 is 11.3 Å². The number of fused-ring (bicyclic) bond motifs is 3. The van der Waals surface area contributed by atoms with Crippen molar-refractivity contribution >= 4 is 27.6 Å². The van der Waals surface area contributed by atoms with Gasteiger partial charge in [0.25, 0.3) is 5.56 Å². The third kappa shape index (κ3) is 1.79. The van der Waals surface area contributed by atoms with Crippen molar-refractivity contribution < 1.29 is 0 Å². The fraction of sp³-hybridized carbons (Fsp3) is 0.0588. The van der Waals surface area contributed by atoms with Crippen LogP contribution in [0.3, 0.4) is 0 Å². The van der Waals surface area contributed by atoms with Gasteiger partial charge in [0.1, 0.15) is 5.39 Å². The van der Waals surface area contributed by atoms with Crippen molar-refractivity contribution in [1.29, 1.82) is 0 Å². The first-order chi connectivity index (χ1) is 10.8. The van der Waals surface area contributed by atoms with Gasteiger partial charge in [-0.2, -0.15) is 5.10 Å². The van der Waals surface area contributed by atoms with Gasteiger partial charge in [-0.15, -0.1) is 0 Å². The lowest BCUT2D eigenvalue weighted by Crippen LogP contribution is -2.21. The average molecular weight is 290 g/mol. The summed E-state index contributed by atoms with van der Waals surface area (Å²) in [7, 11) is 0. The Morgan fingerprint density at radius 3 is 2.59 bits per heavy atom. The van der Waals surface area contributed by atoms with E-state index < -0.39 is 0 Å². The Bertz CT molecular complexity index is 1030. The average Bonchev–Trinajstić information content (AvgIpc) is 2.95. The largest absolute Gasteiger partial charge is 0.382 e. The van der Waals surface area contributed by atoms with Crippen molar-refractivity contribution in [2.45, 2.75) is 6.54 Å². The van der Waals surface area contributed by atoms with Crippen LogP contribution in [0.4, 0.5) is 5.82 Å². The van der Waals surface area contributed by atoms with Crippen LogP contribution in [0, 0.1) is 0 Å². The molecule has 2 heterocycles. The van der Waals surface area contributed by atoms with Gasteiger partial charge in [-0.1, -0.05) is 48.5 Å². The highest BCUT2D eigenvalue weighted by molar-refractivity contribution is 6.06. The Morgan fingerprint density at radius 2 is 1.77 bits per heavy atom. The lowest BCUT2D eigenvalue weighted by molar-refractivity contribution is 0.803. The van der Waals surface area contributed by atoms with Gasteiger partial charge in [-0.3, -0.25) is 9.89 Å².